The van der Waals surface area contributed by atoms with Crippen LogP contribution in [0.3, 0.4) is 0 Å². The molecule has 216 valence electrons. The molecule has 0 aliphatic heterocycles. The highest BCUT2D eigenvalue weighted by molar-refractivity contribution is 7.92. The fraction of sp³-hybridized carbons (Fsp3) is 0.167. The zero-order valence-electron chi connectivity index (χ0n) is 23.6. The summed E-state index contributed by atoms with van der Waals surface area (Å²) < 4.78 is 45.3. The van der Waals surface area contributed by atoms with E-state index in [0.717, 1.165) is 5.56 Å². The third-order valence-corrected chi connectivity index (χ3v) is 8.14. The SMILES string of the molecule is COc1ccc(-c2[nH]n(-c3ccc(OC)cc3)c(=O)c2C(C)=Nc2ccc(S(=O)(=O)Nc3onc(C)c3C)cc2)cc1. The first-order valence-corrected chi connectivity index (χ1v) is 14.3. The van der Waals surface area contributed by atoms with Crippen LogP contribution in [0.25, 0.3) is 16.9 Å². The van der Waals surface area contributed by atoms with Gasteiger partial charge in [0.15, 0.2) is 0 Å². The van der Waals surface area contributed by atoms with Crippen molar-refractivity contribution in [3.63, 3.8) is 0 Å². The Balaban J connectivity index is 1.52. The minimum Gasteiger partial charge on any atom is -0.497 e. The van der Waals surface area contributed by atoms with Crippen LogP contribution in [-0.4, -0.2) is 43.3 Å². The van der Waals surface area contributed by atoms with Crippen molar-refractivity contribution in [2.24, 2.45) is 4.99 Å². The Hall–Kier alpha value is -5.10. The van der Waals surface area contributed by atoms with Crippen molar-refractivity contribution in [1.82, 2.24) is 14.9 Å². The molecule has 0 aliphatic carbocycles. The summed E-state index contributed by atoms with van der Waals surface area (Å²) in [5, 5.41) is 7.00. The second-order valence-corrected chi connectivity index (χ2v) is 11.1. The van der Waals surface area contributed by atoms with Gasteiger partial charge in [0, 0.05) is 11.1 Å². The number of ether oxygens (including phenoxy) is 2. The van der Waals surface area contributed by atoms with Crippen molar-refractivity contribution in [2.45, 2.75) is 25.7 Å². The maximum absolute atomic E-state index is 13.8. The van der Waals surface area contributed by atoms with Gasteiger partial charge in [-0.25, -0.2) is 17.8 Å². The van der Waals surface area contributed by atoms with Crippen molar-refractivity contribution in [3.8, 4) is 28.4 Å². The molecule has 5 aromatic rings. The van der Waals surface area contributed by atoms with Gasteiger partial charge in [0.1, 0.15) is 11.5 Å². The number of rotatable bonds is 9. The molecule has 0 saturated heterocycles. The van der Waals surface area contributed by atoms with Crippen molar-refractivity contribution in [2.75, 3.05) is 18.9 Å². The summed E-state index contributed by atoms with van der Waals surface area (Å²) in [5.41, 5.74) is 4.13. The molecule has 0 fully saturated rings. The molecule has 0 atom stereocenters. The number of nitrogens with one attached hydrogen (secondary N) is 2. The predicted octanol–water partition coefficient (Wildman–Crippen LogP) is 5.40. The lowest BCUT2D eigenvalue weighted by Crippen LogP contribution is -2.19. The lowest BCUT2D eigenvalue weighted by molar-refractivity contribution is 0.414. The number of H-pyrrole nitrogens is 1. The van der Waals surface area contributed by atoms with Gasteiger partial charge in [-0.15, -0.1) is 0 Å². The lowest BCUT2D eigenvalue weighted by Gasteiger charge is -2.07. The van der Waals surface area contributed by atoms with Crippen LogP contribution in [-0.2, 0) is 10.0 Å². The summed E-state index contributed by atoms with van der Waals surface area (Å²) in [6.45, 7) is 5.17. The molecule has 0 spiro atoms. The fourth-order valence-electron chi connectivity index (χ4n) is 4.29. The van der Waals surface area contributed by atoms with Crippen molar-refractivity contribution < 1.29 is 22.4 Å². The second kappa shape index (κ2) is 11.4. The highest BCUT2D eigenvalue weighted by atomic mass is 32.2. The summed E-state index contributed by atoms with van der Waals surface area (Å²) in [6.07, 6.45) is 0. The van der Waals surface area contributed by atoms with Crippen molar-refractivity contribution in [3.05, 3.63) is 100.0 Å². The fourth-order valence-corrected chi connectivity index (χ4v) is 5.34. The van der Waals surface area contributed by atoms with E-state index in [0.29, 0.717) is 51.1 Å². The van der Waals surface area contributed by atoms with Crippen LogP contribution in [0.1, 0.15) is 23.7 Å². The van der Waals surface area contributed by atoms with Crippen LogP contribution in [0, 0.1) is 13.8 Å². The second-order valence-electron chi connectivity index (χ2n) is 9.45. The molecule has 11 nitrogen and oxygen atoms in total. The number of nitrogens with zero attached hydrogens (tertiary/aromatic N) is 3. The Morgan fingerprint density at radius 1 is 0.929 bits per heavy atom. The molecule has 42 heavy (non-hydrogen) atoms. The van der Waals surface area contributed by atoms with Gasteiger partial charge in [-0.2, -0.15) is 0 Å². The first-order chi connectivity index (χ1) is 20.1. The molecule has 0 saturated carbocycles. The Morgan fingerprint density at radius 3 is 2.07 bits per heavy atom. The van der Waals surface area contributed by atoms with Gasteiger partial charge in [0.05, 0.1) is 53.2 Å². The number of aliphatic imine (C=N–C) groups is 1. The third-order valence-electron chi connectivity index (χ3n) is 6.79. The van der Waals surface area contributed by atoms with E-state index in [9.17, 15) is 13.2 Å². The number of anilines is 1. The molecule has 0 unspecified atom stereocenters. The van der Waals surface area contributed by atoms with Crippen LogP contribution >= 0.6 is 0 Å². The van der Waals surface area contributed by atoms with Gasteiger partial charge in [-0.1, -0.05) is 5.16 Å². The van der Waals surface area contributed by atoms with Gasteiger partial charge < -0.3 is 14.0 Å². The third kappa shape index (κ3) is 5.56. The molecule has 2 N–H and O–H groups in total. The zero-order chi connectivity index (χ0) is 30.0. The number of sulfonamides is 1. The maximum Gasteiger partial charge on any atom is 0.280 e. The number of methoxy groups -OCH3 is 2. The standard InChI is InChI=1S/C30H29N5O6S/c1-18-19(2)33-41-29(18)34-42(37,38)26-16-8-22(9-17-26)31-20(3)27-28(21-6-12-24(39-4)13-7-21)32-35(30(27)36)23-10-14-25(40-5)15-11-23/h6-17,32,34H,1-5H3. The highest BCUT2D eigenvalue weighted by Gasteiger charge is 2.21. The van der Waals surface area contributed by atoms with E-state index in [1.807, 2.05) is 24.3 Å². The maximum atomic E-state index is 13.8. The topological polar surface area (TPSA) is 141 Å². The molecule has 0 bridgehead atoms. The predicted molar refractivity (Wildman–Crippen MR) is 160 cm³/mol. The van der Waals surface area contributed by atoms with Gasteiger partial charge in [-0.3, -0.25) is 14.9 Å². The summed E-state index contributed by atoms with van der Waals surface area (Å²) >= 11 is 0. The molecule has 0 radical (unpaired) electrons. The van der Waals surface area contributed by atoms with E-state index in [-0.39, 0.29) is 16.3 Å². The van der Waals surface area contributed by atoms with Gasteiger partial charge in [-0.05, 0) is 93.6 Å². The molecule has 2 heterocycles. The van der Waals surface area contributed by atoms with Crippen LogP contribution < -0.4 is 19.8 Å². The first kappa shape index (κ1) is 28.4. The Bertz CT molecular complexity index is 1920. The van der Waals surface area contributed by atoms with Crippen LogP contribution in [0.5, 0.6) is 11.5 Å². The van der Waals surface area contributed by atoms with Crippen LogP contribution in [0.4, 0.5) is 11.6 Å². The number of aromatic nitrogens is 3. The number of aryl methyl sites for hydroxylation is 1. The number of hydrogen-bond acceptors (Lipinski definition) is 8. The van der Waals surface area contributed by atoms with Gasteiger partial charge >= 0.3 is 0 Å². The van der Waals surface area contributed by atoms with Gasteiger partial charge in [0.2, 0.25) is 5.88 Å². The minimum atomic E-state index is -3.92. The van der Waals surface area contributed by atoms with E-state index in [2.05, 4.69) is 20.0 Å². The Labute approximate surface area is 242 Å². The van der Waals surface area contributed by atoms with Crippen molar-refractivity contribution in [1.29, 1.82) is 0 Å². The van der Waals surface area contributed by atoms with E-state index in [1.54, 1.807) is 71.4 Å². The summed E-state index contributed by atoms with van der Waals surface area (Å²) in [5.74, 6) is 1.41. The summed E-state index contributed by atoms with van der Waals surface area (Å²) in [6, 6.07) is 20.4. The number of benzene rings is 3. The molecule has 12 heteroatoms. The Kier molecular flexibility index (Phi) is 7.72. The summed E-state index contributed by atoms with van der Waals surface area (Å²) in [4.78, 5) is 18.4. The highest BCUT2D eigenvalue weighted by Crippen LogP contribution is 2.27. The minimum absolute atomic E-state index is 0.0231. The Morgan fingerprint density at radius 2 is 1.52 bits per heavy atom. The largest absolute Gasteiger partial charge is 0.497 e. The molecular weight excluding hydrogens is 558 g/mol. The molecule has 3 aromatic carbocycles. The molecule has 0 aliphatic rings. The molecule has 0 amide bonds. The zero-order valence-corrected chi connectivity index (χ0v) is 24.4. The quantitative estimate of drug-likeness (QED) is 0.220. The monoisotopic (exact) mass is 587 g/mol. The number of aromatic amines is 1. The van der Waals surface area contributed by atoms with E-state index < -0.39 is 10.0 Å². The van der Waals surface area contributed by atoms with Crippen molar-refractivity contribution >= 4 is 27.3 Å². The van der Waals surface area contributed by atoms with E-state index in [1.165, 1.54) is 16.8 Å². The number of hydrogen-bond donors (Lipinski definition) is 2. The first-order valence-electron chi connectivity index (χ1n) is 12.9. The lowest BCUT2D eigenvalue weighted by atomic mass is 10.0. The van der Waals surface area contributed by atoms with E-state index in [4.69, 9.17) is 14.0 Å². The molecule has 5 rings (SSSR count). The van der Waals surface area contributed by atoms with Crippen LogP contribution in [0.15, 0.2) is 92.0 Å². The average Bonchev–Trinajstić information content (AvgIpc) is 3.51. The normalized spacial score (nSPS) is 11.9. The summed E-state index contributed by atoms with van der Waals surface area (Å²) in [7, 11) is -0.756. The molecular formula is C30H29N5O6S. The van der Waals surface area contributed by atoms with E-state index >= 15 is 0 Å². The molecule has 2 aromatic heterocycles. The smallest absolute Gasteiger partial charge is 0.280 e. The average molecular weight is 588 g/mol. The van der Waals surface area contributed by atoms with Gasteiger partial charge in [0.25, 0.3) is 15.6 Å². The van der Waals surface area contributed by atoms with Crippen LogP contribution in [0.2, 0.25) is 0 Å².